The second-order valence-electron chi connectivity index (χ2n) is 6.12. The molecular weight excluding hydrogens is 294 g/mol. The van der Waals surface area contributed by atoms with Gasteiger partial charge in [0.2, 0.25) is 11.8 Å². The average molecular weight is 317 g/mol. The van der Waals surface area contributed by atoms with E-state index in [0.717, 1.165) is 13.0 Å². The molecule has 2 amide bonds. The number of benzene rings is 1. The highest BCUT2D eigenvalue weighted by molar-refractivity contribution is 5.82. The Kier molecular flexibility index (Phi) is 4.93. The van der Waals surface area contributed by atoms with Crippen LogP contribution in [0.25, 0.3) is 0 Å². The molecule has 1 saturated heterocycles. The number of rotatable bonds is 3. The molecule has 6 heteroatoms. The van der Waals surface area contributed by atoms with Gasteiger partial charge in [0.15, 0.2) is 0 Å². The first-order valence-electron chi connectivity index (χ1n) is 8.08. The second kappa shape index (κ2) is 7.10. The summed E-state index contributed by atoms with van der Waals surface area (Å²) in [7, 11) is 0. The zero-order valence-corrected chi connectivity index (χ0v) is 13.4. The van der Waals surface area contributed by atoms with E-state index in [4.69, 9.17) is 4.74 Å². The highest BCUT2D eigenvalue weighted by atomic mass is 16.5. The molecule has 6 nitrogen and oxygen atoms in total. The molecule has 0 aliphatic carbocycles. The molecule has 0 aromatic heterocycles. The summed E-state index contributed by atoms with van der Waals surface area (Å²) in [6.45, 7) is 4.30. The molecule has 0 spiro atoms. The third-order valence-electron chi connectivity index (χ3n) is 4.41. The van der Waals surface area contributed by atoms with Crippen LogP contribution < -0.4 is 10.6 Å². The number of morpholine rings is 1. The van der Waals surface area contributed by atoms with Crippen molar-refractivity contribution >= 4 is 11.8 Å². The SMILES string of the molecule is CC(=O)NCC1CN(C(=O)C2Cc3ccccc3CN2)CCO1. The van der Waals surface area contributed by atoms with E-state index in [2.05, 4.69) is 22.8 Å². The molecule has 124 valence electrons. The van der Waals surface area contributed by atoms with Crippen LogP contribution in [-0.2, 0) is 27.3 Å². The molecule has 2 N–H and O–H groups in total. The molecular formula is C17H23N3O3. The van der Waals surface area contributed by atoms with Gasteiger partial charge in [0.1, 0.15) is 0 Å². The van der Waals surface area contributed by atoms with Gasteiger partial charge in [-0.05, 0) is 17.5 Å². The van der Waals surface area contributed by atoms with E-state index in [9.17, 15) is 9.59 Å². The number of carbonyl (C=O) groups is 2. The first kappa shape index (κ1) is 16.0. The van der Waals surface area contributed by atoms with Crippen LogP contribution in [0.2, 0.25) is 0 Å². The number of carbonyl (C=O) groups excluding carboxylic acids is 2. The van der Waals surface area contributed by atoms with Crippen LogP contribution in [0.3, 0.4) is 0 Å². The van der Waals surface area contributed by atoms with Gasteiger partial charge >= 0.3 is 0 Å². The minimum atomic E-state index is -0.176. The number of fused-ring (bicyclic) bond motifs is 1. The largest absolute Gasteiger partial charge is 0.373 e. The normalized spacial score (nSPS) is 24.0. The topological polar surface area (TPSA) is 70.7 Å². The number of hydrogen-bond donors (Lipinski definition) is 2. The maximum atomic E-state index is 12.8. The average Bonchev–Trinajstić information content (AvgIpc) is 2.59. The summed E-state index contributed by atoms with van der Waals surface area (Å²) in [6, 6.07) is 8.06. The molecule has 1 aromatic rings. The van der Waals surface area contributed by atoms with Crippen LogP contribution in [0.1, 0.15) is 18.1 Å². The fourth-order valence-electron chi connectivity index (χ4n) is 3.15. The van der Waals surface area contributed by atoms with Crippen LogP contribution in [0.5, 0.6) is 0 Å². The van der Waals surface area contributed by atoms with Gasteiger partial charge in [0.25, 0.3) is 0 Å². The van der Waals surface area contributed by atoms with Crippen LogP contribution in [-0.4, -0.2) is 55.1 Å². The van der Waals surface area contributed by atoms with E-state index in [-0.39, 0.29) is 24.0 Å². The molecule has 2 aliphatic rings. The Morgan fingerprint density at radius 1 is 1.35 bits per heavy atom. The zero-order valence-electron chi connectivity index (χ0n) is 13.4. The summed E-state index contributed by atoms with van der Waals surface area (Å²) in [6.07, 6.45) is 0.593. The van der Waals surface area contributed by atoms with Crippen molar-refractivity contribution in [2.45, 2.75) is 32.0 Å². The van der Waals surface area contributed by atoms with Crippen LogP contribution >= 0.6 is 0 Å². The van der Waals surface area contributed by atoms with Crippen molar-refractivity contribution < 1.29 is 14.3 Å². The Hall–Kier alpha value is -1.92. The molecule has 2 heterocycles. The monoisotopic (exact) mass is 317 g/mol. The Bertz CT molecular complexity index is 590. The molecule has 2 unspecified atom stereocenters. The maximum absolute atomic E-state index is 12.8. The number of hydrogen-bond acceptors (Lipinski definition) is 4. The van der Waals surface area contributed by atoms with Gasteiger partial charge in [-0.3, -0.25) is 9.59 Å². The number of nitrogens with zero attached hydrogens (tertiary/aromatic N) is 1. The first-order valence-corrected chi connectivity index (χ1v) is 8.08. The van der Waals surface area contributed by atoms with Gasteiger partial charge in [0, 0.05) is 33.1 Å². The van der Waals surface area contributed by atoms with E-state index >= 15 is 0 Å². The van der Waals surface area contributed by atoms with Crippen molar-refractivity contribution in [3.8, 4) is 0 Å². The van der Waals surface area contributed by atoms with E-state index < -0.39 is 0 Å². The van der Waals surface area contributed by atoms with Crippen LogP contribution in [0.4, 0.5) is 0 Å². The minimum absolute atomic E-state index is 0.0809. The van der Waals surface area contributed by atoms with Crippen LogP contribution in [0, 0.1) is 0 Å². The van der Waals surface area contributed by atoms with Crippen molar-refractivity contribution in [3.63, 3.8) is 0 Å². The summed E-state index contributed by atoms with van der Waals surface area (Å²) in [5, 5.41) is 6.09. The molecule has 0 radical (unpaired) electrons. The van der Waals surface area contributed by atoms with Gasteiger partial charge in [-0.25, -0.2) is 0 Å². The highest BCUT2D eigenvalue weighted by Gasteiger charge is 2.31. The predicted octanol–water partition coefficient (Wildman–Crippen LogP) is 0.0644. The smallest absolute Gasteiger partial charge is 0.240 e. The Balaban J connectivity index is 1.59. The number of amides is 2. The van der Waals surface area contributed by atoms with E-state index in [0.29, 0.717) is 26.2 Å². The van der Waals surface area contributed by atoms with Gasteiger partial charge in [-0.1, -0.05) is 24.3 Å². The van der Waals surface area contributed by atoms with Crippen molar-refractivity contribution in [2.24, 2.45) is 0 Å². The first-order chi connectivity index (χ1) is 11.1. The van der Waals surface area contributed by atoms with Gasteiger partial charge in [-0.15, -0.1) is 0 Å². The summed E-state index contributed by atoms with van der Waals surface area (Å²) in [5.74, 6) is 0.0400. The molecule has 3 rings (SSSR count). The Labute approximate surface area is 136 Å². The summed E-state index contributed by atoms with van der Waals surface area (Å²) in [4.78, 5) is 25.6. The lowest BCUT2D eigenvalue weighted by atomic mass is 9.95. The molecule has 0 saturated carbocycles. The zero-order chi connectivity index (χ0) is 16.2. The quantitative estimate of drug-likeness (QED) is 0.827. The molecule has 2 aliphatic heterocycles. The van der Waals surface area contributed by atoms with E-state index in [1.807, 2.05) is 17.0 Å². The van der Waals surface area contributed by atoms with Gasteiger partial charge < -0.3 is 20.3 Å². The summed E-state index contributed by atoms with van der Waals surface area (Å²) in [5.41, 5.74) is 2.51. The molecule has 2 atom stereocenters. The highest BCUT2D eigenvalue weighted by Crippen LogP contribution is 2.18. The summed E-state index contributed by atoms with van der Waals surface area (Å²) < 4.78 is 5.62. The maximum Gasteiger partial charge on any atom is 0.240 e. The van der Waals surface area contributed by atoms with Crippen LogP contribution in [0.15, 0.2) is 24.3 Å². The van der Waals surface area contributed by atoms with Crippen molar-refractivity contribution in [1.82, 2.24) is 15.5 Å². The lowest BCUT2D eigenvalue weighted by Gasteiger charge is -2.36. The van der Waals surface area contributed by atoms with Gasteiger partial charge in [0.05, 0.1) is 18.8 Å². The molecule has 23 heavy (non-hydrogen) atoms. The van der Waals surface area contributed by atoms with Crippen molar-refractivity contribution in [3.05, 3.63) is 35.4 Å². The number of ether oxygens (including phenoxy) is 1. The van der Waals surface area contributed by atoms with E-state index in [1.165, 1.54) is 18.1 Å². The molecule has 1 aromatic carbocycles. The lowest BCUT2D eigenvalue weighted by Crippen LogP contribution is -2.55. The van der Waals surface area contributed by atoms with Gasteiger partial charge in [-0.2, -0.15) is 0 Å². The predicted molar refractivity (Wildman–Crippen MR) is 85.8 cm³/mol. The standard InChI is InChI=1S/C17H23N3O3/c1-12(21)18-10-15-11-20(6-7-23-15)17(22)16-8-13-4-2-3-5-14(13)9-19-16/h2-5,15-16,19H,6-11H2,1H3,(H,18,21). The van der Waals surface area contributed by atoms with Crippen molar-refractivity contribution in [2.75, 3.05) is 26.2 Å². The fraction of sp³-hybridized carbons (Fsp3) is 0.529. The lowest BCUT2D eigenvalue weighted by molar-refractivity contribution is -0.141. The van der Waals surface area contributed by atoms with E-state index in [1.54, 1.807) is 0 Å². The summed E-state index contributed by atoms with van der Waals surface area (Å²) >= 11 is 0. The molecule has 0 bridgehead atoms. The minimum Gasteiger partial charge on any atom is -0.373 e. The second-order valence-corrected chi connectivity index (χ2v) is 6.12. The Morgan fingerprint density at radius 3 is 2.91 bits per heavy atom. The third-order valence-corrected chi connectivity index (χ3v) is 4.41. The number of nitrogens with one attached hydrogen (secondary N) is 2. The Morgan fingerprint density at radius 2 is 2.13 bits per heavy atom. The fourth-order valence-corrected chi connectivity index (χ4v) is 3.15. The molecule has 1 fully saturated rings. The third kappa shape index (κ3) is 3.89. The van der Waals surface area contributed by atoms with Crippen molar-refractivity contribution in [1.29, 1.82) is 0 Å².